The molecule has 0 spiro atoms. The molecule has 0 atom stereocenters. The maximum Gasteiger partial charge on any atom is 0.168 e. The van der Waals surface area contributed by atoms with E-state index in [9.17, 15) is 0 Å². The van der Waals surface area contributed by atoms with Crippen LogP contribution in [0.4, 0.5) is 0 Å². The maximum absolute atomic E-state index is 5.67. The zero-order valence-corrected chi connectivity index (χ0v) is 12.1. The van der Waals surface area contributed by atoms with Crippen molar-refractivity contribution in [2.75, 3.05) is 0 Å². The normalized spacial score (nSPS) is 11.4. The van der Waals surface area contributed by atoms with Crippen LogP contribution < -0.4 is 9.47 Å². The first kappa shape index (κ1) is 13.8. The Balaban J connectivity index is 2.60. The molecule has 0 bridgehead atoms. The molecule has 2 nitrogen and oxygen atoms in total. The highest BCUT2D eigenvalue weighted by Crippen LogP contribution is 2.27. The fourth-order valence-corrected chi connectivity index (χ4v) is 1.87. The highest BCUT2D eigenvalue weighted by atomic mass is 28.3. The van der Waals surface area contributed by atoms with Gasteiger partial charge in [-0.1, -0.05) is 31.3 Å². The van der Waals surface area contributed by atoms with Gasteiger partial charge >= 0.3 is 0 Å². The Morgan fingerprint density at radius 3 is 2.41 bits per heavy atom. The summed E-state index contributed by atoms with van der Waals surface area (Å²) in [4.78, 5) is 0. The molecule has 0 aliphatic rings. The molecule has 1 aromatic rings. The molecule has 1 radical (unpaired) electrons. The van der Waals surface area contributed by atoms with Crippen molar-refractivity contribution in [2.24, 2.45) is 0 Å². The van der Waals surface area contributed by atoms with E-state index in [4.69, 9.17) is 9.47 Å². The van der Waals surface area contributed by atoms with Crippen molar-refractivity contribution >= 4 is 8.80 Å². The molecule has 1 rings (SSSR count). The van der Waals surface area contributed by atoms with Gasteiger partial charge in [-0.15, -0.1) is 0 Å². The van der Waals surface area contributed by atoms with Gasteiger partial charge < -0.3 is 9.47 Å². The predicted octanol–water partition coefficient (Wildman–Crippen LogP) is 4.12. The van der Waals surface area contributed by atoms with Crippen molar-refractivity contribution < 1.29 is 9.47 Å². The first-order chi connectivity index (χ1) is 8.09. The van der Waals surface area contributed by atoms with Crippen molar-refractivity contribution in [2.45, 2.75) is 39.1 Å². The van der Waals surface area contributed by atoms with E-state index in [2.05, 4.69) is 19.2 Å². The van der Waals surface area contributed by atoms with Gasteiger partial charge in [-0.2, -0.15) is 0 Å². The molecule has 0 unspecified atom stereocenters. The summed E-state index contributed by atoms with van der Waals surface area (Å²) >= 11 is 0. The molecule has 0 N–H and O–H groups in total. The molecule has 0 aliphatic carbocycles. The summed E-state index contributed by atoms with van der Waals surface area (Å²) in [5.41, 5.74) is 0. The summed E-state index contributed by atoms with van der Waals surface area (Å²) in [7, 11) is -0.215. The van der Waals surface area contributed by atoms with E-state index < -0.39 is 0 Å². The van der Waals surface area contributed by atoms with Crippen LogP contribution in [0.2, 0.25) is 19.1 Å². The zero-order chi connectivity index (χ0) is 12.7. The molecule has 0 saturated carbocycles. The van der Waals surface area contributed by atoms with E-state index in [0.717, 1.165) is 17.5 Å². The summed E-state index contributed by atoms with van der Waals surface area (Å²) in [6, 6.07) is 8.88. The Morgan fingerprint density at radius 2 is 1.82 bits per heavy atom. The molecule has 0 aliphatic heterocycles. The van der Waals surface area contributed by atoms with Gasteiger partial charge in [-0.25, -0.2) is 0 Å². The lowest BCUT2D eigenvalue weighted by atomic mass is 10.3. The van der Waals surface area contributed by atoms with Crippen LogP contribution in [0, 0.1) is 0 Å². The van der Waals surface area contributed by atoms with E-state index >= 15 is 0 Å². The summed E-state index contributed by atoms with van der Waals surface area (Å²) in [5.74, 6) is 1.57. The highest BCUT2D eigenvalue weighted by Gasteiger charge is 2.04. The Morgan fingerprint density at radius 1 is 1.18 bits per heavy atom. The second-order valence-electron chi connectivity index (χ2n) is 4.51. The third-order valence-electron chi connectivity index (χ3n) is 2.03. The van der Waals surface area contributed by atoms with Crippen LogP contribution in [0.15, 0.2) is 36.6 Å². The second-order valence-corrected chi connectivity index (χ2v) is 7.34. The summed E-state index contributed by atoms with van der Waals surface area (Å²) in [5, 5.41) is 0. The second kappa shape index (κ2) is 7.17. The molecule has 17 heavy (non-hydrogen) atoms. The van der Waals surface area contributed by atoms with E-state index in [1.165, 1.54) is 0 Å². The number of hydrogen-bond donors (Lipinski definition) is 0. The van der Waals surface area contributed by atoms with Crippen molar-refractivity contribution in [1.82, 2.24) is 0 Å². The molecule has 1 aromatic carbocycles. The topological polar surface area (TPSA) is 18.5 Å². The highest BCUT2D eigenvalue weighted by molar-refractivity contribution is 6.56. The molecule has 0 heterocycles. The van der Waals surface area contributed by atoms with E-state index in [-0.39, 0.29) is 14.9 Å². The van der Waals surface area contributed by atoms with Gasteiger partial charge in [0.25, 0.3) is 0 Å². The molecule has 0 fully saturated rings. The summed E-state index contributed by atoms with van der Waals surface area (Å²) < 4.78 is 11.3. The van der Waals surface area contributed by atoms with E-state index in [1.54, 1.807) is 6.26 Å². The largest absolute Gasteiger partial charge is 0.487 e. The zero-order valence-electron chi connectivity index (χ0n) is 11.1. The third kappa shape index (κ3) is 5.59. The lowest BCUT2D eigenvalue weighted by molar-refractivity contribution is 0.233. The minimum Gasteiger partial charge on any atom is -0.487 e. The number of allylic oxidation sites excluding steroid dienone is 1. The van der Waals surface area contributed by atoms with Crippen LogP contribution >= 0.6 is 0 Å². The van der Waals surface area contributed by atoms with Crippen LogP contribution in [0.3, 0.4) is 0 Å². The SMILES string of the molecule is CC(C)Oc1ccccc1OC=CC[Si](C)C. The lowest BCUT2D eigenvalue weighted by Gasteiger charge is -2.12. The number of ether oxygens (including phenoxy) is 2. The monoisotopic (exact) mass is 249 g/mol. The number of benzene rings is 1. The quantitative estimate of drug-likeness (QED) is 0.557. The van der Waals surface area contributed by atoms with Crippen molar-refractivity contribution in [1.29, 1.82) is 0 Å². The molecular formula is C14H21O2Si. The summed E-state index contributed by atoms with van der Waals surface area (Å²) in [6.07, 6.45) is 4.01. The molecule has 0 saturated heterocycles. The fraction of sp³-hybridized carbons (Fsp3) is 0.429. The number of rotatable bonds is 6. The standard InChI is InChI=1S/C14H21O2Si/c1-12(2)16-14-9-6-5-8-13(14)15-10-7-11-17(3)4/h5-10,12H,11H2,1-4H3. The minimum absolute atomic E-state index is 0.157. The molecule has 3 heteroatoms. The van der Waals surface area contributed by atoms with Crippen LogP contribution in [0.25, 0.3) is 0 Å². The average Bonchev–Trinajstić information content (AvgIpc) is 2.25. The van der Waals surface area contributed by atoms with E-state index in [1.807, 2.05) is 38.1 Å². The summed E-state index contributed by atoms with van der Waals surface area (Å²) in [6.45, 7) is 8.58. The number of para-hydroxylation sites is 2. The van der Waals surface area contributed by atoms with Crippen molar-refractivity contribution in [3.05, 3.63) is 36.6 Å². The van der Waals surface area contributed by atoms with E-state index in [0.29, 0.717) is 0 Å². The maximum atomic E-state index is 5.67. The van der Waals surface area contributed by atoms with Crippen molar-refractivity contribution in [3.8, 4) is 11.5 Å². The van der Waals surface area contributed by atoms with Gasteiger partial charge in [-0.05, 0) is 32.0 Å². The van der Waals surface area contributed by atoms with Crippen LogP contribution in [-0.4, -0.2) is 14.9 Å². The Kier molecular flexibility index (Phi) is 5.84. The van der Waals surface area contributed by atoms with Gasteiger partial charge in [-0.3, -0.25) is 0 Å². The van der Waals surface area contributed by atoms with Gasteiger partial charge in [0.2, 0.25) is 0 Å². The Bertz CT molecular complexity index is 359. The Hall–Kier alpha value is -1.22. The van der Waals surface area contributed by atoms with Crippen LogP contribution in [-0.2, 0) is 0 Å². The molecule has 0 amide bonds. The molecular weight excluding hydrogens is 228 g/mol. The average molecular weight is 249 g/mol. The third-order valence-corrected chi connectivity index (χ3v) is 3.08. The van der Waals surface area contributed by atoms with Crippen LogP contribution in [0.1, 0.15) is 13.8 Å². The number of hydrogen-bond acceptors (Lipinski definition) is 2. The van der Waals surface area contributed by atoms with Crippen LogP contribution in [0.5, 0.6) is 11.5 Å². The smallest absolute Gasteiger partial charge is 0.168 e. The Labute approximate surface area is 106 Å². The van der Waals surface area contributed by atoms with Gasteiger partial charge in [0.05, 0.1) is 12.4 Å². The molecule has 93 valence electrons. The van der Waals surface area contributed by atoms with Gasteiger partial charge in [0.1, 0.15) is 0 Å². The minimum atomic E-state index is -0.215. The molecule has 0 aromatic heterocycles. The first-order valence-corrected chi connectivity index (χ1v) is 8.66. The van der Waals surface area contributed by atoms with Gasteiger partial charge in [0.15, 0.2) is 11.5 Å². The van der Waals surface area contributed by atoms with Crippen molar-refractivity contribution in [3.63, 3.8) is 0 Å². The first-order valence-electron chi connectivity index (χ1n) is 5.96. The van der Waals surface area contributed by atoms with Gasteiger partial charge in [0, 0.05) is 8.80 Å². The lowest BCUT2D eigenvalue weighted by Crippen LogP contribution is -2.06. The fourth-order valence-electron chi connectivity index (χ4n) is 1.30. The predicted molar refractivity (Wildman–Crippen MR) is 74.3 cm³/mol.